The zero-order valence-corrected chi connectivity index (χ0v) is 22.9. The Kier molecular flexibility index (Phi) is 6.01. The van der Waals surface area contributed by atoms with Crippen LogP contribution in [-0.2, 0) is 24.6 Å². The Balaban J connectivity index is 1.55. The van der Waals surface area contributed by atoms with Gasteiger partial charge in [0, 0.05) is 29.0 Å². The Bertz CT molecular complexity index is 1710. The Morgan fingerprint density at radius 3 is 2.31 bits per heavy atom. The topological polar surface area (TPSA) is 110 Å². The van der Waals surface area contributed by atoms with Crippen LogP contribution < -0.4 is 10.1 Å². The fraction of sp³-hybridized carbons (Fsp3) is 0.257. The molecule has 3 aromatic rings. The van der Waals surface area contributed by atoms with Gasteiger partial charge in [0.25, 0.3) is 0 Å². The van der Waals surface area contributed by atoms with Crippen LogP contribution in [0.4, 0.5) is 0 Å². The van der Waals surface area contributed by atoms with E-state index in [4.69, 9.17) is 4.74 Å². The van der Waals surface area contributed by atoms with Gasteiger partial charge >= 0.3 is 0 Å². The second-order valence-electron chi connectivity index (χ2n) is 11.6. The van der Waals surface area contributed by atoms with Gasteiger partial charge in [0.1, 0.15) is 11.5 Å². The summed E-state index contributed by atoms with van der Waals surface area (Å²) in [6, 6.07) is 23.3. The number of rotatable bonds is 4. The van der Waals surface area contributed by atoms with Gasteiger partial charge in [-0.3, -0.25) is 24.5 Å². The van der Waals surface area contributed by atoms with Gasteiger partial charge in [-0.1, -0.05) is 78.4 Å². The number of amides is 2. The molecule has 2 N–H and O–H groups in total. The van der Waals surface area contributed by atoms with E-state index >= 15 is 0 Å². The third kappa shape index (κ3) is 3.59. The first-order chi connectivity index (χ1) is 20.4. The van der Waals surface area contributed by atoms with Gasteiger partial charge in [0.15, 0.2) is 11.6 Å². The predicted octanol–water partition coefficient (Wildman–Crippen LogP) is 4.51. The largest absolute Gasteiger partial charge is 0.508 e. The molecule has 7 heteroatoms. The number of carbonyl (C=O) groups excluding carboxylic acids is 4. The lowest BCUT2D eigenvalue weighted by atomic mass is 9.44. The highest BCUT2D eigenvalue weighted by molar-refractivity contribution is 6.31. The number of allylic oxidation sites excluding steroid dienone is 4. The number of imide groups is 1. The zero-order chi connectivity index (χ0) is 29.2. The Morgan fingerprint density at radius 1 is 0.881 bits per heavy atom. The van der Waals surface area contributed by atoms with Crippen molar-refractivity contribution in [3.05, 3.63) is 113 Å². The van der Waals surface area contributed by atoms with Crippen molar-refractivity contribution in [2.45, 2.75) is 24.2 Å². The molecular formula is C35H29NO6. The summed E-state index contributed by atoms with van der Waals surface area (Å²) in [6.07, 6.45) is 4.08. The van der Waals surface area contributed by atoms with E-state index in [0.717, 1.165) is 5.57 Å². The number of ketones is 2. The van der Waals surface area contributed by atoms with Gasteiger partial charge in [-0.2, -0.15) is 0 Å². The fourth-order valence-corrected chi connectivity index (χ4v) is 8.07. The number of hydrogen-bond acceptors (Lipinski definition) is 6. The average Bonchev–Trinajstić information content (AvgIpc) is 3.31. The SMILES string of the molecule is COc1cc(O)ccc1C1C2=CCC3C(=O)NC(=O)C3C2CC2C(=O)C(c3ccccc3)=CC(=O)C21c1ccccc1. The summed E-state index contributed by atoms with van der Waals surface area (Å²) in [5, 5.41) is 12.9. The van der Waals surface area contributed by atoms with E-state index in [9.17, 15) is 24.3 Å². The summed E-state index contributed by atoms with van der Waals surface area (Å²) >= 11 is 0. The van der Waals surface area contributed by atoms with Crippen molar-refractivity contribution in [3.63, 3.8) is 0 Å². The molecule has 4 aliphatic rings. The van der Waals surface area contributed by atoms with Crippen LogP contribution in [0.5, 0.6) is 11.5 Å². The third-order valence-corrected chi connectivity index (χ3v) is 9.75. The molecule has 2 fully saturated rings. The molecule has 3 aliphatic carbocycles. The van der Waals surface area contributed by atoms with Gasteiger partial charge < -0.3 is 9.84 Å². The molecule has 42 heavy (non-hydrogen) atoms. The van der Waals surface area contributed by atoms with Crippen LogP contribution in [0.1, 0.15) is 35.4 Å². The Morgan fingerprint density at radius 2 is 1.60 bits per heavy atom. The molecule has 0 spiro atoms. The van der Waals surface area contributed by atoms with Crippen LogP contribution >= 0.6 is 0 Å². The maximum Gasteiger partial charge on any atom is 0.231 e. The summed E-state index contributed by atoms with van der Waals surface area (Å²) in [6.45, 7) is 0. The van der Waals surface area contributed by atoms with E-state index < -0.39 is 35.0 Å². The fourth-order valence-electron chi connectivity index (χ4n) is 8.07. The minimum atomic E-state index is -1.34. The first-order valence-corrected chi connectivity index (χ1v) is 14.2. The molecule has 1 saturated heterocycles. The monoisotopic (exact) mass is 559 g/mol. The summed E-state index contributed by atoms with van der Waals surface area (Å²) in [4.78, 5) is 55.6. The third-order valence-electron chi connectivity index (χ3n) is 9.75. The lowest BCUT2D eigenvalue weighted by Crippen LogP contribution is -2.58. The van der Waals surface area contributed by atoms with Gasteiger partial charge in [-0.25, -0.2) is 0 Å². The molecule has 7 nitrogen and oxygen atoms in total. The van der Waals surface area contributed by atoms with Crippen molar-refractivity contribution >= 4 is 29.0 Å². The zero-order valence-electron chi connectivity index (χ0n) is 22.9. The maximum absolute atomic E-state index is 14.9. The highest BCUT2D eigenvalue weighted by Crippen LogP contribution is 2.64. The minimum absolute atomic E-state index is 0.00373. The second-order valence-corrected chi connectivity index (χ2v) is 11.6. The number of Topliss-reactive ketones (excluding diaryl/α,β-unsaturated/α-hetero) is 1. The molecular weight excluding hydrogens is 530 g/mol. The number of hydrogen-bond donors (Lipinski definition) is 2. The number of fused-ring (bicyclic) bond motifs is 4. The molecule has 6 atom stereocenters. The standard InChI is InChI=1S/C35H29NO6/c1-42-28-16-21(37)12-13-23(28)31-22-14-15-24-30(34(41)36-33(24)40)26(22)17-27-32(39)25(19-8-4-2-5-9-19)18-29(38)35(27,31)20-10-6-3-7-11-20/h2-14,16,18,24,26-27,30-31,37H,15,17H2,1H3,(H,36,40,41). The average molecular weight is 560 g/mol. The molecule has 0 radical (unpaired) electrons. The summed E-state index contributed by atoms with van der Waals surface area (Å²) in [7, 11) is 1.50. The van der Waals surface area contributed by atoms with Crippen molar-refractivity contribution in [1.29, 1.82) is 0 Å². The van der Waals surface area contributed by atoms with E-state index in [1.807, 2.05) is 66.7 Å². The quantitative estimate of drug-likeness (QED) is 0.360. The van der Waals surface area contributed by atoms with E-state index in [2.05, 4.69) is 5.32 Å². The molecule has 6 unspecified atom stereocenters. The number of aromatic hydroxyl groups is 1. The normalized spacial score (nSPS) is 30.0. The van der Waals surface area contributed by atoms with E-state index in [0.29, 0.717) is 34.4 Å². The summed E-state index contributed by atoms with van der Waals surface area (Å²) in [5.74, 6) is -3.72. The van der Waals surface area contributed by atoms with Gasteiger partial charge in [0.05, 0.1) is 24.4 Å². The number of methoxy groups -OCH3 is 1. The first-order valence-electron chi connectivity index (χ1n) is 14.2. The number of ether oxygens (including phenoxy) is 1. The highest BCUT2D eigenvalue weighted by atomic mass is 16.5. The van der Waals surface area contributed by atoms with Crippen LogP contribution in [0.3, 0.4) is 0 Å². The van der Waals surface area contributed by atoms with E-state index in [-0.39, 0.29) is 35.6 Å². The van der Waals surface area contributed by atoms with Crippen molar-refractivity contribution in [2.24, 2.45) is 23.7 Å². The highest BCUT2D eigenvalue weighted by Gasteiger charge is 2.65. The van der Waals surface area contributed by atoms with Crippen molar-refractivity contribution in [3.8, 4) is 11.5 Å². The van der Waals surface area contributed by atoms with Crippen molar-refractivity contribution < 1.29 is 29.0 Å². The molecule has 0 bridgehead atoms. The van der Waals surface area contributed by atoms with E-state index in [1.165, 1.54) is 19.3 Å². The number of phenols is 1. The predicted molar refractivity (Wildman–Crippen MR) is 154 cm³/mol. The molecule has 7 rings (SSSR count). The van der Waals surface area contributed by atoms with Crippen LogP contribution in [0.2, 0.25) is 0 Å². The smallest absolute Gasteiger partial charge is 0.231 e. The maximum atomic E-state index is 14.9. The first kappa shape index (κ1) is 26.1. The van der Waals surface area contributed by atoms with Crippen LogP contribution in [-0.4, -0.2) is 35.6 Å². The van der Waals surface area contributed by atoms with Crippen LogP contribution in [0.15, 0.2) is 96.6 Å². The van der Waals surface area contributed by atoms with Crippen LogP contribution in [0, 0.1) is 23.7 Å². The summed E-state index contributed by atoms with van der Waals surface area (Å²) < 4.78 is 5.76. The van der Waals surface area contributed by atoms with E-state index in [1.54, 1.807) is 12.1 Å². The number of phenolic OH excluding ortho intramolecular Hbond substituents is 1. The Hall–Kier alpha value is -4.78. The molecule has 1 aliphatic heterocycles. The molecule has 2 amide bonds. The van der Waals surface area contributed by atoms with Crippen molar-refractivity contribution in [1.82, 2.24) is 5.32 Å². The molecule has 0 aromatic heterocycles. The molecule has 1 heterocycles. The molecule has 3 aromatic carbocycles. The second kappa shape index (κ2) is 9.65. The lowest BCUT2D eigenvalue weighted by molar-refractivity contribution is -0.135. The molecule has 210 valence electrons. The number of carbonyl (C=O) groups is 4. The molecule has 1 saturated carbocycles. The number of nitrogens with one attached hydrogen (secondary N) is 1. The minimum Gasteiger partial charge on any atom is -0.508 e. The van der Waals surface area contributed by atoms with Gasteiger partial charge in [-0.15, -0.1) is 0 Å². The van der Waals surface area contributed by atoms with Crippen LogP contribution in [0.25, 0.3) is 5.57 Å². The number of benzene rings is 3. The lowest BCUT2D eigenvalue weighted by Gasteiger charge is -2.55. The van der Waals surface area contributed by atoms with Gasteiger partial charge in [-0.05, 0) is 42.0 Å². The van der Waals surface area contributed by atoms with Crippen molar-refractivity contribution in [2.75, 3.05) is 7.11 Å². The summed E-state index contributed by atoms with van der Waals surface area (Å²) in [5.41, 5.74) is 1.86. The van der Waals surface area contributed by atoms with Gasteiger partial charge in [0.2, 0.25) is 11.8 Å². The Labute approximate surface area is 242 Å².